The van der Waals surface area contributed by atoms with Crippen LogP contribution < -0.4 is 0 Å². The van der Waals surface area contributed by atoms with E-state index in [0.717, 1.165) is 17.0 Å². The lowest BCUT2D eigenvalue weighted by molar-refractivity contribution is -0.137. The van der Waals surface area contributed by atoms with E-state index < -0.39 is 36.1 Å². The van der Waals surface area contributed by atoms with E-state index in [1.165, 1.54) is 6.07 Å². The van der Waals surface area contributed by atoms with Crippen LogP contribution in [0.3, 0.4) is 0 Å². The molecule has 24 heavy (non-hydrogen) atoms. The highest BCUT2D eigenvalue weighted by atomic mass is 19.4. The van der Waals surface area contributed by atoms with Crippen LogP contribution in [0.25, 0.3) is 5.57 Å². The van der Waals surface area contributed by atoms with Gasteiger partial charge in [-0.05, 0) is 28.8 Å². The predicted molar refractivity (Wildman–Crippen MR) is 74.9 cm³/mol. The Bertz CT molecular complexity index is 782. The number of halogens is 3. The maximum absolute atomic E-state index is 13.4. The smallest absolute Gasteiger partial charge is 0.417 e. The van der Waals surface area contributed by atoms with E-state index in [1.54, 1.807) is 0 Å². The number of hydrogen-bond donors (Lipinski definition) is 3. The summed E-state index contributed by atoms with van der Waals surface area (Å²) in [5, 5.41) is 28.2. The van der Waals surface area contributed by atoms with Crippen molar-refractivity contribution in [2.24, 2.45) is 0 Å². The number of amides is 1. The number of allylic oxidation sites excluding steroid dienone is 2. The van der Waals surface area contributed by atoms with Gasteiger partial charge in [-0.1, -0.05) is 0 Å². The third-order valence-corrected chi connectivity index (χ3v) is 3.86. The first kappa shape index (κ1) is 16.0. The second-order valence-corrected chi connectivity index (χ2v) is 5.43. The minimum Gasteiger partial charge on any atom is -0.508 e. The van der Waals surface area contributed by atoms with Gasteiger partial charge in [0.2, 0.25) is 0 Å². The summed E-state index contributed by atoms with van der Waals surface area (Å²) in [6, 6.07) is 2.08. The van der Waals surface area contributed by atoms with Crippen LogP contribution in [0, 0.1) is 0 Å². The standard InChI is InChI=1S/C15H12F3NO5/c16-15(17,18)11-2-8-5-19(14(22)23)4-7(8)1-9(11)10-3-13(21)24-6-12(10)20/h1-3,20-21H,4-6H2,(H,22,23). The van der Waals surface area contributed by atoms with Gasteiger partial charge in [-0.3, -0.25) is 4.90 Å². The minimum absolute atomic E-state index is 0.0456. The number of ether oxygens (including phenoxy) is 1. The van der Waals surface area contributed by atoms with Gasteiger partial charge in [-0.15, -0.1) is 0 Å². The van der Waals surface area contributed by atoms with Crippen LogP contribution in [0.15, 0.2) is 29.9 Å². The molecular weight excluding hydrogens is 331 g/mol. The summed E-state index contributed by atoms with van der Waals surface area (Å²) < 4.78 is 44.9. The molecule has 0 unspecified atom stereocenters. The van der Waals surface area contributed by atoms with Gasteiger partial charge in [0.25, 0.3) is 5.95 Å². The maximum atomic E-state index is 13.4. The van der Waals surface area contributed by atoms with E-state index in [0.29, 0.717) is 5.56 Å². The van der Waals surface area contributed by atoms with Gasteiger partial charge in [0.1, 0.15) is 12.4 Å². The van der Waals surface area contributed by atoms with Crippen LogP contribution in [-0.4, -0.2) is 32.9 Å². The molecule has 2 aliphatic rings. The number of carbonyl (C=O) groups is 1. The molecule has 1 amide bonds. The molecule has 0 aliphatic carbocycles. The molecule has 6 nitrogen and oxygen atoms in total. The van der Waals surface area contributed by atoms with E-state index in [4.69, 9.17) is 5.11 Å². The van der Waals surface area contributed by atoms with E-state index in [9.17, 15) is 28.2 Å². The molecule has 3 rings (SSSR count). The highest BCUT2D eigenvalue weighted by Gasteiger charge is 2.37. The molecule has 128 valence electrons. The molecule has 1 aromatic carbocycles. The van der Waals surface area contributed by atoms with Crippen molar-refractivity contribution in [3.05, 3.63) is 52.2 Å². The first-order valence-corrected chi connectivity index (χ1v) is 6.83. The number of fused-ring (bicyclic) bond motifs is 1. The van der Waals surface area contributed by atoms with E-state index in [-0.39, 0.29) is 29.8 Å². The quantitative estimate of drug-likeness (QED) is 0.727. The van der Waals surface area contributed by atoms with Crippen molar-refractivity contribution in [1.29, 1.82) is 0 Å². The predicted octanol–water partition coefficient (Wildman–Crippen LogP) is 3.40. The second kappa shape index (κ2) is 5.36. The Balaban J connectivity index is 2.17. The lowest BCUT2D eigenvalue weighted by atomic mass is 9.93. The fraction of sp³-hybridized carbons (Fsp3) is 0.267. The minimum atomic E-state index is -4.71. The third kappa shape index (κ3) is 2.72. The summed E-state index contributed by atoms with van der Waals surface area (Å²) in [5.74, 6) is -1.06. The highest BCUT2D eigenvalue weighted by molar-refractivity contribution is 5.80. The lowest BCUT2D eigenvalue weighted by Gasteiger charge is -2.19. The molecule has 0 atom stereocenters. The fourth-order valence-corrected chi connectivity index (χ4v) is 2.75. The number of aliphatic hydroxyl groups is 2. The Morgan fingerprint density at radius 2 is 1.79 bits per heavy atom. The lowest BCUT2D eigenvalue weighted by Crippen LogP contribution is -2.22. The summed E-state index contributed by atoms with van der Waals surface area (Å²) in [4.78, 5) is 12.0. The molecule has 9 heteroatoms. The summed E-state index contributed by atoms with van der Waals surface area (Å²) in [5.41, 5.74) is -0.876. The molecule has 2 heterocycles. The average Bonchev–Trinajstić information content (AvgIpc) is 2.91. The summed E-state index contributed by atoms with van der Waals surface area (Å²) in [7, 11) is 0. The van der Waals surface area contributed by atoms with Crippen molar-refractivity contribution in [2.75, 3.05) is 6.61 Å². The number of nitrogens with zero attached hydrogens (tertiary/aromatic N) is 1. The van der Waals surface area contributed by atoms with E-state index in [1.807, 2.05) is 0 Å². The molecular formula is C15H12F3NO5. The van der Waals surface area contributed by atoms with Crippen LogP contribution in [0.2, 0.25) is 0 Å². The molecule has 0 saturated carbocycles. The van der Waals surface area contributed by atoms with Crippen molar-refractivity contribution in [2.45, 2.75) is 19.3 Å². The number of aliphatic hydroxyl groups excluding tert-OH is 2. The first-order chi connectivity index (χ1) is 11.2. The molecule has 3 N–H and O–H groups in total. The molecule has 0 bridgehead atoms. The van der Waals surface area contributed by atoms with Crippen LogP contribution in [0.4, 0.5) is 18.0 Å². The fourth-order valence-electron chi connectivity index (χ4n) is 2.75. The number of benzene rings is 1. The molecule has 0 saturated heterocycles. The van der Waals surface area contributed by atoms with Crippen LogP contribution in [0.5, 0.6) is 0 Å². The maximum Gasteiger partial charge on any atom is 0.417 e. The normalized spacial score (nSPS) is 17.5. The van der Waals surface area contributed by atoms with Gasteiger partial charge in [0.15, 0.2) is 0 Å². The van der Waals surface area contributed by atoms with Gasteiger partial charge >= 0.3 is 12.3 Å². The number of alkyl halides is 3. The second-order valence-electron chi connectivity index (χ2n) is 5.43. The van der Waals surface area contributed by atoms with Gasteiger partial charge < -0.3 is 20.1 Å². The molecule has 1 aromatic rings. The highest BCUT2D eigenvalue weighted by Crippen LogP contribution is 2.40. The van der Waals surface area contributed by atoms with E-state index in [2.05, 4.69) is 4.74 Å². The van der Waals surface area contributed by atoms with Crippen molar-refractivity contribution >= 4 is 11.7 Å². The zero-order valence-electron chi connectivity index (χ0n) is 12.1. The molecule has 0 aromatic heterocycles. The van der Waals surface area contributed by atoms with Crippen LogP contribution >= 0.6 is 0 Å². The number of rotatable bonds is 1. The van der Waals surface area contributed by atoms with Gasteiger partial charge in [-0.2, -0.15) is 13.2 Å². The van der Waals surface area contributed by atoms with Crippen molar-refractivity contribution in [3.63, 3.8) is 0 Å². The first-order valence-electron chi connectivity index (χ1n) is 6.83. The molecule has 0 fully saturated rings. The summed E-state index contributed by atoms with van der Waals surface area (Å²) in [6.07, 6.45) is -5.04. The largest absolute Gasteiger partial charge is 0.508 e. The Morgan fingerprint density at radius 1 is 1.17 bits per heavy atom. The third-order valence-electron chi connectivity index (χ3n) is 3.86. The van der Waals surface area contributed by atoms with Gasteiger partial charge in [0, 0.05) is 24.7 Å². The molecule has 2 aliphatic heterocycles. The van der Waals surface area contributed by atoms with Crippen molar-refractivity contribution in [1.82, 2.24) is 4.90 Å². The van der Waals surface area contributed by atoms with Crippen molar-refractivity contribution in [3.8, 4) is 0 Å². The molecule has 0 radical (unpaired) electrons. The SMILES string of the molecule is O=C(O)N1Cc2cc(C3=C(O)COC(O)=C3)c(C(F)(F)F)cc2C1. The summed E-state index contributed by atoms with van der Waals surface area (Å²) >= 11 is 0. The Kier molecular flexibility index (Phi) is 3.58. The zero-order valence-corrected chi connectivity index (χ0v) is 12.1. The topological polar surface area (TPSA) is 90.2 Å². The van der Waals surface area contributed by atoms with Crippen LogP contribution in [0.1, 0.15) is 22.3 Å². The number of carboxylic acid groups (broad SMARTS) is 1. The number of hydrogen-bond acceptors (Lipinski definition) is 4. The van der Waals surface area contributed by atoms with Gasteiger partial charge in [0.05, 0.1) is 5.56 Å². The summed E-state index contributed by atoms with van der Waals surface area (Å²) in [6.45, 7) is -0.632. The Labute approximate surface area is 133 Å². The van der Waals surface area contributed by atoms with Gasteiger partial charge in [-0.25, -0.2) is 4.79 Å². The molecule has 0 spiro atoms. The van der Waals surface area contributed by atoms with Crippen LogP contribution in [-0.2, 0) is 24.0 Å². The van der Waals surface area contributed by atoms with E-state index >= 15 is 0 Å². The Hall–Kier alpha value is -2.84. The Morgan fingerprint density at radius 3 is 2.38 bits per heavy atom. The van der Waals surface area contributed by atoms with Crippen molar-refractivity contribution < 1.29 is 38.0 Å². The zero-order chi connectivity index (χ0) is 17.6. The monoisotopic (exact) mass is 343 g/mol. The average molecular weight is 343 g/mol.